The minimum Gasteiger partial charge on any atom is -0.508 e. The molecule has 0 fully saturated rings. The van der Waals surface area contributed by atoms with Crippen LogP contribution in [-0.2, 0) is 30.4 Å². The van der Waals surface area contributed by atoms with Gasteiger partial charge in [0.25, 0.3) is 0 Å². The molecular formula is C25H33N7O7. The van der Waals surface area contributed by atoms with E-state index in [1.807, 2.05) is 0 Å². The molecule has 0 aliphatic heterocycles. The van der Waals surface area contributed by atoms with Crippen molar-refractivity contribution in [2.75, 3.05) is 19.6 Å². The molecule has 14 nitrogen and oxygen atoms in total. The number of hydrogen-bond donors (Lipinski definition) is 8. The number of nitrogens with zero attached hydrogens (tertiary/aromatic N) is 1. The summed E-state index contributed by atoms with van der Waals surface area (Å²) in [5.41, 5.74) is 11.2. The van der Waals surface area contributed by atoms with Gasteiger partial charge in [0, 0.05) is 13.0 Å². The van der Waals surface area contributed by atoms with Gasteiger partial charge in [0.15, 0.2) is 5.96 Å². The van der Waals surface area contributed by atoms with Crippen molar-refractivity contribution in [1.82, 2.24) is 21.3 Å². The van der Waals surface area contributed by atoms with E-state index in [9.17, 15) is 34.2 Å². The highest BCUT2D eigenvalue weighted by atomic mass is 16.4. The molecule has 39 heavy (non-hydrogen) atoms. The van der Waals surface area contributed by atoms with E-state index >= 15 is 0 Å². The average molecular weight is 544 g/mol. The van der Waals surface area contributed by atoms with E-state index in [1.54, 1.807) is 24.3 Å². The molecule has 1 aliphatic carbocycles. The summed E-state index contributed by atoms with van der Waals surface area (Å²) in [5.74, 6) is -4.32. The first kappa shape index (κ1) is 30.3. The molecule has 1 aromatic rings. The van der Waals surface area contributed by atoms with E-state index in [1.165, 1.54) is 24.3 Å². The van der Waals surface area contributed by atoms with Gasteiger partial charge in [-0.15, -0.1) is 0 Å². The average Bonchev–Trinajstić information content (AvgIpc) is 3.43. The summed E-state index contributed by atoms with van der Waals surface area (Å²) in [6.45, 7) is -0.657. The number of nitrogens with one attached hydrogen (secondary N) is 4. The Morgan fingerprint density at radius 1 is 0.897 bits per heavy atom. The standard InChI is InChI=1S/C25H33N7O7/c26-25(27)28-11-3-6-18(23(37)32-19(24(38)39)12-15-7-9-17(33)10-8-15)31-21(35)14-29-20(34)13-30-22(36)16-4-1-2-5-16/h1-2,4-5,7-10,16,18-19,33H,3,6,11-14H2,(H,29,34)(H,30,36)(H,31,35)(H,32,37)(H,38,39)(H4,26,27,28)/t18-,19-/m0/s1. The van der Waals surface area contributed by atoms with Crippen molar-refractivity contribution < 1.29 is 34.2 Å². The van der Waals surface area contributed by atoms with Crippen molar-refractivity contribution in [3.63, 3.8) is 0 Å². The van der Waals surface area contributed by atoms with E-state index < -0.39 is 48.2 Å². The number of aliphatic carboxylic acids is 1. The molecular weight excluding hydrogens is 510 g/mol. The fourth-order valence-electron chi connectivity index (χ4n) is 3.49. The maximum absolute atomic E-state index is 12.9. The zero-order valence-electron chi connectivity index (χ0n) is 21.1. The van der Waals surface area contributed by atoms with E-state index in [0.717, 1.165) is 0 Å². The van der Waals surface area contributed by atoms with Crippen molar-refractivity contribution in [3.8, 4) is 5.75 Å². The van der Waals surface area contributed by atoms with Crippen molar-refractivity contribution in [1.29, 1.82) is 0 Å². The lowest BCUT2D eigenvalue weighted by Crippen LogP contribution is -2.53. The Labute approximate surface area is 224 Å². The van der Waals surface area contributed by atoms with Crippen LogP contribution in [0.2, 0.25) is 0 Å². The lowest BCUT2D eigenvalue weighted by Gasteiger charge is -2.21. The summed E-state index contributed by atoms with van der Waals surface area (Å²) in [7, 11) is 0. The number of guanidine groups is 1. The molecule has 0 saturated carbocycles. The van der Waals surface area contributed by atoms with E-state index in [2.05, 4.69) is 26.3 Å². The minimum atomic E-state index is -1.31. The Balaban J connectivity index is 1.93. The monoisotopic (exact) mass is 543 g/mol. The van der Waals surface area contributed by atoms with Crippen LogP contribution in [0.3, 0.4) is 0 Å². The molecule has 14 heteroatoms. The second-order valence-corrected chi connectivity index (χ2v) is 8.63. The molecule has 0 bridgehead atoms. The summed E-state index contributed by atoms with van der Waals surface area (Å²) in [4.78, 5) is 65.0. The summed E-state index contributed by atoms with van der Waals surface area (Å²) in [6, 6.07) is 3.38. The van der Waals surface area contributed by atoms with Crippen LogP contribution in [0.25, 0.3) is 0 Å². The largest absolute Gasteiger partial charge is 0.508 e. The van der Waals surface area contributed by atoms with E-state index in [4.69, 9.17) is 11.5 Å². The summed E-state index contributed by atoms with van der Waals surface area (Å²) in [5, 5.41) is 28.7. The van der Waals surface area contributed by atoms with Crippen LogP contribution >= 0.6 is 0 Å². The Kier molecular flexibility index (Phi) is 12.0. The second-order valence-electron chi connectivity index (χ2n) is 8.63. The van der Waals surface area contributed by atoms with Gasteiger partial charge >= 0.3 is 5.97 Å². The molecule has 2 atom stereocenters. The third kappa shape index (κ3) is 11.4. The minimum absolute atomic E-state index is 0.0100. The number of phenolic OH excluding ortho intramolecular Hbond substituents is 1. The number of carboxylic acids is 1. The number of carboxylic acid groups (broad SMARTS) is 1. The van der Waals surface area contributed by atoms with Gasteiger partial charge in [-0.25, -0.2) is 4.79 Å². The fourth-order valence-corrected chi connectivity index (χ4v) is 3.49. The van der Waals surface area contributed by atoms with E-state index in [0.29, 0.717) is 5.56 Å². The summed E-state index contributed by atoms with van der Waals surface area (Å²) in [6.07, 6.45) is 7.05. The van der Waals surface area contributed by atoms with Gasteiger partial charge < -0.3 is 42.9 Å². The van der Waals surface area contributed by atoms with Gasteiger partial charge in [-0.1, -0.05) is 36.4 Å². The third-order valence-electron chi connectivity index (χ3n) is 5.51. The number of phenols is 1. The summed E-state index contributed by atoms with van der Waals surface area (Å²) < 4.78 is 0. The van der Waals surface area contributed by atoms with Crippen LogP contribution in [0, 0.1) is 5.92 Å². The first-order valence-electron chi connectivity index (χ1n) is 12.1. The number of aliphatic imine (C=N–C) groups is 1. The highest BCUT2D eigenvalue weighted by Gasteiger charge is 2.27. The van der Waals surface area contributed by atoms with Gasteiger partial charge in [-0.2, -0.15) is 0 Å². The van der Waals surface area contributed by atoms with Crippen LogP contribution in [-0.4, -0.2) is 77.5 Å². The number of hydrogen-bond acceptors (Lipinski definition) is 7. The van der Waals surface area contributed by atoms with Crippen LogP contribution in [0.15, 0.2) is 53.6 Å². The normalized spacial score (nSPS) is 13.6. The molecule has 210 valence electrons. The van der Waals surface area contributed by atoms with Crippen molar-refractivity contribution in [3.05, 3.63) is 54.1 Å². The number of allylic oxidation sites excluding steroid dienone is 2. The molecule has 2 rings (SSSR count). The van der Waals surface area contributed by atoms with Crippen LogP contribution in [0.5, 0.6) is 5.75 Å². The highest BCUT2D eigenvalue weighted by Crippen LogP contribution is 2.12. The second kappa shape index (κ2) is 15.4. The molecule has 0 unspecified atom stereocenters. The van der Waals surface area contributed by atoms with Crippen molar-refractivity contribution in [2.24, 2.45) is 22.4 Å². The number of aromatic hydroxyl groups is 1. The smallest absolute Gasteiger partial charge is 0.326 e. The zero-order valence-corrected chi connectivity index (χ0v) is 21.1. The molecule has 0 spiro atoms. The first-order chi connectivity index (χ1) is 18.5. The number of rotatable bonds is 15. The Bertz CT molecular complexity index is 1120. The number of amides is 4. The molecule has 1 aromatic carbocycles. The lowest BCUT2D eigenvalue weighted by atomic mass is 10.0. The quantitative estimate of drug-likeness (QED) is 0.0693. The first-order valence-corrected chi connectivity index (χ1v) is 12.1. The predicted molar refractivity (Wildman–Crippen MR) is 141 cm³/mol. The topological polar surface area (TPSA) is 238 Å². The van der Waals surface area contributed by atoms with Gasteiger partial charge in [0.2, 0.25) is 23.6 Å². The van der Waals surface area contributed by atoms with Gasteiger partial charge in [-0.05, 0) is 30.5 Å². The van der Waals surface area contributed by atoms with Crippen LogP contribution in [0.4, 0.5) is 0 Å². The zero-order chi connectivity index (χ0) is 28.8. The molecule has 0 radical (unpaired) electrons. The van der Waals surface area contributed by atoms with Crippen molar-refractivity contribution >= 4 is 35.6 Å². The predicted octanol–water partition coefficient (Wildman–Crippen LogP) is -1.98. The van der Waals surface area contributed by atoms with Crippen LogP contribution < -0.4 is 32.7 Å². The SMILES string of the molecule is NC(N)=NCCC[C@H](NC(=O)CNC(=O)CNC(=O)C1C=CC=C1)C(=O)N[C@@H](Cc1ccc(O)cc1)C(=O)O. The Morgan fingerprint density at radius 3 is 2.15 bits per heavy atom. The number of carbonyl (C=O) groups excluding carboxylic acids is 4. The third-order valence-corrected chi connectivity index (χ3v) is 5.51. The maximum Gasteiger partial charge on any atom is 0.326 e. The van der Waals surface area contributed by atoms with Gasteiger partial charge in [0.1, 0.15) is 17.8 Å². The van der Waals surface area contributed by atoms with Crippen LogP contribution in [0.1, 0.15) is 18.4 Å². The maximum atomic E-state index is 12.9. The number of nitrogens with two attached hydrogens (primary N) is 2. The molecule has 0 saturated heterocycles. The Hall–Kier alpha value is -4.88. The number of carbonyl (C=O) groups is 5. The molecule has 0 heterocycles. The lowest BCUT2D eigenvalue weighted by molar-refractivity contribution is -0.142. The highest BCUT2D eigenvalue weighted by molar-refractivity contribution is 5.93. The molecule has 4 amide bonds. The summed E-state index contributed by atoms with van der Waals surface area (Å²) >= 11 is 0. The fraction of sp³-hybridized carbons (Fsp3) is 0.360. The Morgan fingerprint density at radius 2 is 1.54 bits per heavy atom. The van der Waals surface area contributed by atoms with Gasteiger partial charge in [0.05, 0.1) is 19.0 Å². The molecule has 10 N–H and O–H groups in total. The van der Waals surface area contributed by atoms with E-state index in [-0.39, 0.29) is 50.0 Å². The van der Waals surface area contributed by atoms with Crippen molar-refractivity contribution in [2.45, 2.75) is 31.3 Å². The number of benzene rings is 1. The van der Waals surface area contributed by atoms with Gasteiger partial charge in [-0.3, -0.25) is 24.2 Å². The molecule has 0 aromatic heterocycles. The molecule has 1 aliphatic rings.